The predicted octanol–water partition coefficient (Wildman–Crippen LogP) is 4.43. The molecule has 3 atom stereocenters. The molecule has 1 aliphatic carbocycles. The second-order valence-corrected chi connectivity index (χ2v) is 7.87. The molecule has 0 bridgehead atoms. The molecule has 0 aliphatic heterocycles. The Morgan fingerprint density at radius 3 is 2.44 bits per heavy atom. The largest absolute Gasteiger partial charge is 0.460 e. The van der Waals surface area contributed by atoms with Crippen molar-refractivity contribution in [1.29, 1.82) is 0 Å². The van der Waals surface area contributed by atoms with Crippen molar-refractivity contribution in [2.24, 2.45) is 0 Å². The van der Waals surface area contributed by atoms with Gasteiger partial charge in [-0.1, -0.05) is 23.7 Å². The molecule has 1 N–H and O–H groups in total. The number of hydrogen-bond donors (Lipinski definition) is 1. The van der Waals surface area contributed by atoms with Gasteiger partial charge in [0.15, 0.2) is 0 Å². The van der Waals surface area contributed by atoms with Crippen LogP contribution in [0.2, 0.25) is 5.02 Å². The maximum atomic E-state index is 12.3. The summed E-state index contributed by atoms with van der Waals surface area (Å²) in [5, 5.41) is 3.20. The van der Waals surface area contributed by atoms with E-state index in [4.69, 9.17) is 21.1 Å². The van der Waals surface area contributed by atoms with Crippen molar-refractivity contribution in [3.63, 3.8) is 0 Å². The maximum absolute atomic E-state index is 12.3. The van der Waals surface area contributed by atoms with Crippen molar-refractivity contribution in [3.8, 4) is 0 Å². The van der Waals surface area contributed by atoms with Crippen molar-refractivity contribution in [3.05, 3.63) is 34.9 Å². The molecule has 5 nitrogen and oxygen atoms in total. The van der Waals surface area contributed by atoms with Gasteiger partial charge in [-0.05, 0) is 64.7 Å². The van der Waals surface area contributed by atoms with E-state index in [-0.39, 0.29) is 12.0 Å². The third kappa shape index (κ3) is 5.92. The lowest BCUT2D eigenvalue weighted by Gasteiger charge is -2.24. The fourth-order valence-corrected chi connectivity index (χ4v) is 3.08. The molecule has 25 heavy (non-hydrogen) atoms. The van der Waals surface area contributed by atoms with Crippen molar-refractivity contribution >= 4 is 23.7 Å². The van der Waals surface area contributed by atoms with Crippen LogP contribution in [0.15, 0.2) is 24.3 Å². The Bertz CT molecular complexity index is 609. The number of rotatable bonds is 4. The van der Waals surface area contributed by atoms with E-state index < -0.39 is 23.7 Å². The molecule has 1 amide bonds. The Kier molecular flexibility index (Phi) is 6.33. The second-order valence-electron chi connectivity index (χ2n) is 7.43. The van der Waals surface area contributed by atoms with E-state index in [9.17, 15) is 9.59 Å². The van der Waals surface area contributed by atoms with E-state index >= 15 is 0 Å². The van der Waals surface area contributed by atoms with Crippen LogP contribution in [0.5, 0.6) is 0 Å². The number of carbonyl (C=O) groups is 2. The summed E-state index contributed by atoms with van der Waals surface area (Å²) in [6.07, 6.45) is 1.97. The van der Waals surface area contributed by atoms with Gasteiger partial charge in [0.25, 0.3) is 0 Å². The fourth-order valence-electron chi connectivity index (χ4n) is 2.95. The Morgan fingerprint density at radius 2 is 1.84 bits per heavy atom. The van der Waals surface area contributed by atoms with Crippen LogP contribution in [0.25, 0.3) is 0 Å². The molecule has 1 fully saturated rings. The molecule has 1 saturated carbocycles. The highest BCUT2D eigenvalue weighted by Gasteiger charge is 2.33. The summed E-state index contributed by atoms with van der Waals surface area (Å²) in [4.78, 5) is 24.1. The molecule has 2 rings (SSSR count). The number of hydrogen-bond acceptors (Lipinski definition) is 4. The van der Waals surface area contributed by atoms with Crippen LogP contribution in [-0.2, 0) is 14.3 Å². The van der Waals surface area contributed by atoms with Crippen molar-refractivity contribution in [2.75, 3.05) is 0 Å². The second kappa shape index (κ2) is 8.09. The van der Waals surface area contributed by atoms with Crippen LogP contribution >= 0.6 is 11.6 Å². The van der Waals surface area contributed by atoms with Gasteiger partial charge in [0.1, 0.15) is 17.7 Å². The Morgan fingerprint density at radius 1 is 1.20 bits per heavy atom. The monoisotopic (exact) mass is 367 g/mol. The number of halogens is 1. The zero-order valence-electron chi connectivity index (χ0n) is 15.2. The summed E-state index contributed by atoms with van der Waals surface area (Å²) in [6, 6.07) is 6.88. The molecule has 0 radical (unpaired) electrons. The first-order chi connectivity index (χ1) is 11.7. The smallest absolute Gasteiger partial charge is 0.408 e. The highest BCUT2D eigenvalue weighted by molar-refractivity contribution is 6.30. The van der Waals surface area contributed by atoms with Crippen LogP contribution in [0, 0.1) is 0 Å². The quantitative estimate of drug-likeness (QED) is 0.799. The summed E-state index contributed by atoms with van der Waals surface area (Å²) >= 11 is 5.94. The first kappa shape index (κ1) is 19.6. The minimum atomic E-state index is -0.763. The molecule has 138 valence electrons. The Hall–Kier alpha value is -1.75. The molecule has 0 heterocycles. The highest BCUT2D eigenvalue weighted by atomic mass is 35.5. The van der Waals surface area contributed by atoms with Gasteiger partial charge in [-0.15, -0.1) is 0 Å². The molecular formula is C19H26ClNO4. The predicted molar refractivity (Wildman–Crippen MR) is 96.8 cm³/mol. The summed E-state index contributed by atoms with van der Waals surface area (Å²) < 4.78 is 10.8. The minimum absolute atomic E-state index is 0.162. The zero-order chi connectivity index (χ0) is 18.6. The average Bonchev–Trinajstić information content (AvgIpc) is 2.94. The number of esters is 1. The molecule has 6 heteroatoms. The van der Waals surface area contributed by atoms with Gasteiger partial charge in [0.05, 0.1) is 0 Å². The summed E-state index contributed by atoms with van der Waals surface area (Å²) in [5.41, 5.74) is 0.506. The summed E-state index contributed by atoms with van der Waals surface area (Å²) in [6.45, 7) is 6.90. The van der Waals surface area contributed by atoms with E-state index in [1.807, 2.05) is 24.3 Å². The number of nitrogens with one attached hydrogen (secondary N) is 1. The van der Waals surface area contributed by atoms with Gasteiger partial charge in [-0.25, -0.2) is 9.59 Å². The van der Waals surface area contributed by atoms with Gasteiger partial charge < -0.3 is 14.8 Å². The fraction of sp³-hybridized carbons (Fsp3) is 0.579. The van der Waals surface area contributed by atoms with Crippen LogP contribution in [-0.4, -0.2) is 29.8 Å². The van der Waals surface area contributed by atoms with Crippen molar-refractivity contribution in [1.82, 2.24) is 5.32 Å². The average molecular weight is 368 g/mol. The molecule has 1 aromatic carbocycles. The third-order valence-corrected chi connectivity index (χ3v) is 4.36. The van der Waals surface area contributed by atoms with E-state index in [1.54, 1.807) is 27.7 Å². The van der Waals surface area contributed by atoms with Gasteiger partial charge in [0.2, 0.25) is 0 Å². The molecule has 0 spiro atoms. The van der Waals surface area contributed by atoms with Crippen LogP contribution in [0.1, 0.15) is 58.4 Å². The number of carbonyl (C=O) groups excluding carboxylic acids is 2. The number of amides is 1. The molecule has 0 aromatic heterocycles. The number of alkyl carbamates (subject to hydrolysis) is 1. The third-order valence-electron chi connectivity index (χ3n) is 4.11. The standard InChI is InChI=1S/C19H26ClNO4/c1-12(21-18(23)25-19(2,3)4)17(22)24-16-7-5-6-15(16)13-8-10-14(20)11-9-13/h8-12,15-16H,5-7H2,1-4H3,(H,21,23)/t12-,15+,16-/m0/s1. The molecule has 0 unspecified atom stereocenters. The molecule has 1 aromatic rings. The van der Waals surface area contributed by atoms with E-state index in [1.165, 1.54) is 0 Å². The normalized spacial score (nSPS) is 21.5. The van der Waals surface area contributed by atoms with Crippen molar-refractivity contribution < 1.29 is 19.1 Å². The maximum Gasteiger partial charge on any atom is 0.408 e. The highest BCUT2D eigenvalue weighted by Crippen LogP contribution is 2.37. The Labute approximate surface area is 154 Å². The Balaban J connectivity index is 1.92. The van der Waals surface area contributed by atoms with Gasteiger partial charge >= 0.3 is 12.1 Å². The minimum Gasteiger partial charge on any atom is -0.460 e. The lowest BCUT2D eigenvalue weighted by molar-refractivity contribution is -0.151. The van der Waals surface area contributed by atoms with Crippen LogP contribution in [0.4, 0.5) is 4.79 Å². The number of ether oxygens (including phenoxy) is 2. The van der Waals surface area contributed by atoms with Crippen LogP contribution < -0.4 is 5.32 Å². The molecule has 0 saturated heterocycles. The summed E-state index contributed by atoms with van der Waals surface area (Å²) in [7, 11) is 0. The van der Waals surface area contributed by atoms with Gasteiger partial charge in [-0.2, -0.15) is 0 Å². The van der Waals surface area contributed by atoms with E-state index in [0.29, 0.717) is 5.02 Å². The first-order valence-electron chi connectivity index (χ1n) is 8.61. The van der Waals surface area contributed by atoms with Gasteiger partial charge in [0, 0.05) is 10.9 Å². The zero-order valence-corrected chi connectivity index (χ0v) is 15.9. The molecule has 1 aliphatic rings. The lowest BCUT2D eigenvalue weighted by Crippen LogP contribution is -2.43. The lowest BCUT2D eigenvalue weighted by atomic mass is 9.96. The number of benzene rings is 1. The SMILES string of the molecule is C[C@H](NC(=O)OC(C)(C)C)C(=O)O[C@H]1CCC[C@@H]1c1ccc(Cl)cc1. The topological polar surface area (TPSA) is 64.6 Å². The van der Waals surface area contributed by atoms with Gasteiger partial charge in [-0.3, -0.25) is 0 Å². The van der Waals surface area contributed by atoms with Crippen LogP contribution in [0.3, 0.4) is 0 Å². The van der Waals surface area contributed by atoms with E-state index in [0.717, 1.165) is 24.8 Å². The van der Waals surface area contributed by atoms with E-state index in [2.05, 4.69) is 5.32 Å². The first-order valence-corrected chi connectivity index (χ1v) is 8.99. The molecular weight excluding hydrogens is 342 g/mol. The summed E-state index contributed by atoms with van der Waals surface area (Å²) in [5.74, 6) is -0.285. The van der Waals surface area contributed by atoms with Crippen molar-refractivity contribution in [2.45, 2.75) is 70.6 Å².